The number of carbonyl (C=O) groups excluding carboxylic acids is 1. The molecule has 0 radical (unpaired) electrons. The molecule has 5 nitrogen and oxygen atoms in total. The van der Waals surface area contributed by atoms with E-state index in [9.17, 15) is 9.59 Å². The maximum Gasteiger partial charge on any atom is 0.419 e. The van der Waals surface area contributed by atoms with Crippen molar-refractivity contribution in [2.45, 2.75) is 13.0 Å². The van der Waals surface area contributed by atoms with Gasteiger partial charge in [-0.15, -0.1) is 0 Å². The maximum absolute atomic E-state index is 12.0. The summed E-state index contributed by atoms with van der Waals surface area (Å²) in [6.07, 6.45) is 0.466. The predicted molar refractivity (Wildman–Crippen MR) is 91.8 cm³/mol. The van der Waals surface area contributed by atoms with E-state index in [4.69, 9.17) is 32.4 Å². The number of para-hydroxylation sites is 2. The van der Waals surface area contributed by atoms with Crippen LogP contribution in [0, 0.1) is 0 Å². The van der Waals surface area contributed by atoms with Crippen molar-refractivity contribution in [2.75, 3.05) is 6.61 Å². The number of oxazole rings is 1. The fourth-order valence-electron chi connectivity index (χ4n) is 2.35. The summed E-state index contributed by atoms with van der Waals surface area (Å²) in [7, 11) is 0. The molecule has 1 heterocycles. The van der Waals surface area contributed by atoms with Crippen LogP contribution < -0.4 is 5.76 Å². The molecule has 3 aromatic rings. The van der Waals surface area contributed by atoms with Gasteiger partial charge in [0.25, 0.3) is 0 Å². The minimum absolute atomic E-state index is 0.146. The highest BCUT2D eigenvalue weighted by molar-refractivity contribution is 6.43. The molecule has 0 saturated heterocycles. The number of carbonyl (C=O) groups is 1. The van der Waals surface area contributed by atoms with E-state index in [1.54, 1.807) is 36.4 Å². The number of aryl methyl sites for hydroxylation is 1. The number of ether oxygens (including phenoxy) is 1. The number of hydrogen-bond acceptors (Lipinski definition) is 4. The molecule has 0 spiro atoms. The molecule has 2 aromatic carbocycles. The Kier molecular flexibility index (Phi) is 4.92. The van der Waals surface area contributed by atoms with Crippen LogP contribution in [0.25, 0.3) is 11.1 Å². The molecule has 0 amide bonds. The number of rotatable bonds is 5. The first-order valence-electron chi connectivity index (χ1n) is 7.27. The summed E-state index contributed by atoms with van der Waals surface area (Å²) in [6.45, 7) is 0.528. The van der Waals surface area contributed by atoms with Crippen molar-refractivity contribution in [3.63, 3.8) is 0 Å². The average Bonchev–Trinajstić information content (AvgIpc) is 2.89. The van der Waals surface area contributed by atoms with Crippen LogP contribution in [-0.4, -0.2) is 17.1 Å². The molecule has 0 saturated carbocycles. The highest BCUT2D eigenvalue weighted by Gasteiger charge is 2.14. The van der Waals surface area contributed by atoms with E-state index in [2.05, 4.69) is 0 Å². The third-order valence-corrected chi connectivity index (χ3v) is 4.32. The van der Waals surface area contributed by atoms with E-state index in [0.717, 1.165) is 0 Å². The van der Waals surface area contributed by atoms with Crippen LogP contribution >= 0.6 is 23.2 Å². The monoisotopic (exact) mass is 365 g/mol. The average molecular weight is 366 g/mol. The van der Waals surface area contributed by atoms with Gasteiger partial charge >= 0.3 is 11.7 Å². The van der Waals surface area contributed by atoms with E-state index in [1.807, 2.05) is 6.07 Å². The Balaban J connectivity index is 1.61. The molecule has 0 atom stereocenters. The Morgan fingerprint density at radius 2 is 1.92 bits per heavy atom. The second-order valence-electron chi connectivity index (χ2n) is 5.08. The number of aromatic nitrogens is 1. The zero-order valence-corrected chi connectivity index (χ0v) is 14.0. The first-order valence-corrected chi connectivity index (χ1v) is 8.03. The van der Waals surface area contributed by atoms with Crippen molar-refractivity contribution < 1.29 is 13.9 Å². The minimum Gasteiger partial charge on any atom is -0.462 e. The van der Waals surface area contributed by atoms with E-state index in [-0.39, 0.29) is 17.2 Å². The second kappa shape index (κ2) is 7.11. The number of fused-ring (bicyclic) bond motifs is 1. The van der Waals surface area contributed by atoms with E-state index in [0.29, 0.717) is 29.1 Å². The van der Waals surface area contributed by atoms with Gasteiger partial charge < -0.3 is 9.15 Å². The Bertz CT molecular complexity index is 945. The first-order chi connectivity index (χ1) is 11.6. The minimum atomic E-state index is -0.549. The van der Waals surface area contributed by atoms with Gasteiger partial charge in [-0.05, 0) is 30.7 Å². The van der Waals surface area contributed by atoms with E-state index < -0.39 is 11.7 Å². The quantitative estimate of drug-likeness (QED) is 0.503. The molecule has 3 rings (SSSR count). The van der Waals surface area contributed by atoms with Crippen molar-refractivity contribution in [1.29, 1.82) is 0 Å². The van der Waals surface area contributed by atoms with E-state index >= 15 is 0 Å². The van der Waals surface area contributed by atoms with Crippen LogP contribution in [0.5, 0.6) is 0 Å². The van der Waals surface area contributed by atoms with Crippen molar-refractivity contribution in [3.8, 4) is 0 Å². The van der Waals surface area contributed by atoms with Gasteiger partial charge in [-0.3, -0.25) is 4.57 Å². The number of esters is 1. The fourth-order valence-corrected chi connectivity index (χ4v) is 2.73. The van der Waals surface area contributed by atoms with Crippen LogP contribution in [0.3, 0.4) is 0 Å². The molecule has 0 bridgehead atoms. The molecule has 1 aromatic heterocycles. The lowest BCUT2D eigenvalue weighted by Gasteiger charge is -2.07. The van der Waals surface area contributed by atoms with Gasteiger partial charge in [0.1, 0.15) is 0 Å². The molecule has 0 aliphatic heterocycles. The highest BCUT2D eigenvalue weighted by atomic mass is 35.5. The lowest BCUT2D eigenvalue weighted by atomic mass is 10.2. The summed E-state index contributed by atoms with van der Waals surface area (Å²) < 4.78 is 11.8. The number of nitrogens with zero attached hydrogens (tertiary/aromatic N) is 1. The van der Waals surface area contributed by atoms with Crippen LogP contribution in [0.15, 0.2) is 51.7 Å². The van der Waals surface area contributed by atoms with Crippen LogP contribution in [0.4, 0.5) is 0 Å². The number of hydrogen-bond donors (Lipinski definition) is 0. The summed E-state index contributed by atoms with van der Waals surface area (Å²) in [6, 6.07) is 11.9. The maximum atomic E-state index is 12.0. The molecule has 0 fully saturated rings. The molecule has 124 valence electrons. The summed E-state index contributed by atoms with van der Waals surface area (Å²) in [4.78, 5) is 23.8. The van der Waals surface area contributed by atoms with Gasteiger partial charge in [0, 0.05) is 6.54 Å². The molecule has 0 aliphatic rings. The Morgan fingerprint density at radius 3 is 2.75 bits per heavy atom. The Labute approximate surface area is 147 Å². The fraction of sp³-hybridized carbons (Fsp3) is 0.176. The molecule has 0 aliphatic carbocycles. The van der Waals surface area contributed by atoms with Crippen molar-refractivity contribution in [2.24, 2.45) is 0 Å². The summed E-state index contributed by atoms with van der Waals surface area (Å²) in [5.41, 5.74) is 1.46. The zero-order valence-electron chi connectivity index (χ0n) is 12.5. The van der Waals surface area contributed by atoms with Crippen LogP contribution in [0.2, 0.25) is 10.0 Å². The predicted octanol–water partition coefficient (Wildman–Crippen LogP) is 4.15. The second-order valence-corrected chi connectivity index (χ2v) is 5.86. The van der Waals surface area contributed by atoms with Gasteiger partial charge in [0.05, 0.1) is 27.7 Å². The number of benzene rings is 2. The standard InChI is InChI=1S/C17H13Cl2NO4/c18-12-6-3-5-11(15(12)19)16(21)23-10-4-9-20-13-7-1-2-8-14(13)24-17(20)22/h1-3,5-8H,4,9-10H2. The molecule has 7 heteroatoms. The van der Waals surface area contributed by atoms with Gasteiger partial charge in [0.15, 0.2) is 5.58 Å². The van der Waals surface area contributed by atoms with Gasteiger partial charge in [0.2, 0.25) is 0 Å². The summed E-state index contributed by atoms with van der Waals surface area (Å²) >= 11 is 11.8. The molecule has 0 unspecified atom stereocenters. The Hall–Kier alpha value is -2.24. The topological polar surface area (TPSA) is 61.4 Å². The molecule has 0 N–H and O–H groups in total. The third-order valence-electron chi connectivity index (χ3n) is 3.50. The normalized spacial score (nSPS) is 10.9. The lowest BCUT2D eigenvalue weighted by molar-refractivity contribution is 0.0496. The van der Waals surface area contributed by atoms with Crippen molar-refractivity contribution in [3.05, 3.63) is 68.6 Å². The molecular formula is C17H13Cl2NO4. The van der Waals surface area contributed by atoms with Gasteiger partial charge in [-0.25, -0.2) is 9.59 Å². The Morgan fingerprint density at radius 1 is 1.12 bits per heavy atom. The zero-order chi connectivity index (χ0) is 17.1. The highest BCUT2D eigenvalue weighted by Crippen LogP contribution is 2.26. The van der Waals surface area contributed by atoms with Crippen molar-refractivity contribution in [1.82, 2.24) is 4.57 Å². The molecular weight excluding hydrogens is 353 g/mol. The first kappa shape index (κ1) is 16.6. The van der Waals surface area contributed by atoms with Gasteiger partial charge in [-0.2, -0.15) is 0 Å². The van der Waals surface area contributed by atoms with Crippen LogP contribution in [0.1, 0.15) is 16.8 Å². The largest absolute Gasteiger partial charge is 0.462 e. The SMILES string of the molecule is O=C(OCCCn1c(=O)oc2ccccc21)c1cccc(Cl)c1Cl. The molecule has 24 heavy (non-hydrogen) atoms. The third kappa shape index (κ3) is 3.32. The van der Waals surface area contributed by atoms with E-state index in [1.165, 1.54) is 4.57 Å². The van der Waals surface area contributed by atoms with Crippen molar-refractivity contribution >= 4 is 40.3 Å². The summed E-state index contributed by atoms with van der Waals surface area (Å²) in [5, 5.41) is 0.462. The van der Waals surface area contributed by atoms with Gasteiger partial charge in [-0.1, -0.05) is 41.4 Å². The lowest BCUT2D eigenvalue weighted by Crippen LogP contribution is -2.16. The number of halogens is 2. The van der Waals surface area contributed by atoms with Crippen LogP contribution in [-0.2, 0) is 11.3 Å². The smallest absolute Gasteiger partial charge is 0.419 e. The summed E-state index contributed by atoms with van der Waals surface area (Å²) in [5.74, 6) is -0.979.